The highest BCUT2D eigenvalue weighted by Gasteiger charge is 2.38. The first-order valence-electron chi connectivity index (χ1n) is 11.8. The van der Waals surface area contributed by atoms with Crippen molar-refractivity contribution in [3.63, 3.8) is 0 Å². The maximum atomic E-state index is 13.6. The maximum absolute atomic E-state index is 13.6. The van der Waals surface area contributed by atoms with Gasteiger partial charge in [-0.1, -0.05) is 13.0 Å². The van der Waals surface area contributed by atoms with Gasteiger partial charge in [0, 0.05) is 46.9 Å². The van der Waals surface area contributed by atoms with E-state index in [1.807, 2.05) is 38.3 Å². The van der Waals surface area contributed by atoms with Crippen molar-refractivity contribution in [3.8, 4) is 0 Å². The van der Waals surface area contributed by atoms with E-state index in [4.69, 9.17) is 4.74 Å². The quantitative estimate of drug-likeness (QED) is 0.403. The van der Waals surface area contributed by atoms with Gasteiger partial charge in [0.15, 0.2) is 0 Å². The van der Waals surface area contributed by atoms with E-state index in [2.05, 4.69) is 40.1 Å². The number of rotatable bonds is 7. The first-order valence-corrected chi connectivity index (χ1v) is 12.7. The minimum Gasteiger partial charge on any atom is -0.482 e. The van der Waals surface area contributed by atoms with Gasteiger partial charge < -0.3 is 15.4 Å². The van der Waals surface area contributed by atoms with Crippen molar-refractivity contribution in [1.82, 2.24) is 10.3 Å². The number of pyridine rings is 1. The summed E-state index contributed by atoms with van der Waals surface area (Å²) in [5.74, 6) is -0.147. The topological polar surface area (TPSA) is 63.2 Å². The standard InChI is InChI=1S/C28H28FN3O2S/c1-4-19(13-20-7-5-6-10-30-20)31-15-21-11-17(16-35-21)23-14-25(34-28(23,2)3)26-22-9-8-18(29)12-24(22)32-27(26)33/h5-12,14,16,19,31H,4,13,15H2,1-3H3,(H,32,33)/b26-25+. The second kappa shape index (κ2) is 9.40. The van der Waals surface area contributed by atoms with Gasteiger partial charge in [0.1, 0.15) is 17.2 Å². The molecule has 0 radical (unpaired) electrons. The van der Waals surface area contributed by atoms with Crippen LogP contribution in [0.2, 0.25) is 0 Å². The fraction of sp³-hybridized carbons (Fsp3) is 0.286. The number of nitrogens with one attached hydrogen (secondary N) is 2. The van der Waals surface area contributed by atoms with Crippen molar-refractivity contribution in [1.29, 1.82) is 0 Å². The number of amides is 1. The molecule has 0 saturated carbocycles. The summed E-state index contributed by atoms with van der Waals surface area (Å²) in [6.07, 6.45) is 5.70. The van der Waals surface area contributed by atoms with Crippen molar-refractivity contribution in [2.45, 2.75) is 51.8 Å². The highest BCUT2D eigenvalue weighted by Crippen LogP contribution is 2.45. The van der Waals surface area contributed by atoms with Gasteiger partial charge in [-0.2, -0.15) is 0 Å². The third-order valence-electron chi connectivity index (χ3n) is 6.47. The summed E-state index contributed by atoms with van der Waals surface area (Å²) in [4.78, 5) is 18.4. The van der Waals surface area contributed by atoms with Gasteiger partial charge in [-0.05, 0) is 73.7 Å². The predicted octanol–water partition coefficient (Wildman–Crippen LogP) is 5.95. The molecular formula is C28H28FN3O2S. The van der Waals surface area contributed by atoms with Crippen LogP contribution < -0.4 is 10.6 Å². The molecule has 0 bridgehead atoms. The zero-order valence-corrected chi connectivity index (χ0v) is 20.8. The van der Waals surface area contributed by atoms with Gasteiger partial charge in [-0.25, -0.2) is 4.39 Å². The Kier molecular flexibility index (Phi) is 6.30. The lowest BCUT2D eigenvalue weighted by Gasteiger charge is -2.23. The molecule has 2 N–H and O–H groups in total. The third kappa shape index (κ3) is 4.79. The number of hydrogen-bond donors (Lipinski definition) is 2. The second-order valence-electron chi connectivity index (χ2n) is 9.37. The molecule has 35 heavy (non-hydrogen) atoms. The number of thiophene rings is 1. The minimum atomic E-state index is -0.595. The molecular weight excluding hydrogens is 461 g/mol. The number of carbonyl (C=O) groups excluding carboxylic acids is 1. The summed E-state index contributed by atoms with van der Waals surface area (Å²) in [6.45, 7) is 6.96. The van der Waals surface area contributed by atoms with E-state index in [0.717, 1.165) is 36.2 Å². The zero-order valence-electron chi connectivity index (χ0n) is 20.0. The monoisotopic (exact) mass is 489 g/mol. The molecule has 180 valence electrons. The molecule has 3 aromatic rings. The molecule has 0 spiro atoms. The Hall–Kier alpha value is -3.29. The number of anilines is 1. The van der Waals surface area contributed by atoms with Crippen LogP contribution in [0.3, 0.4) is 0 Å². The summed E-state index contributed by atoms with van der Waals surface area (Å²) < 4.78 is 19.9. The molecule has 0 fully saturated rings. The Morgan fingerprint density at radius 1 is 1.23 bits per heavy atom. The first kappa shape index (κ1) is 23.5. The predicted molar refractivity (Wildman–Crippen MR) is 138 cm³/mol. The van der Waals surface area contributed by atoms with Gasteiger partial charge in [0.2, 0.25) is 0 Å². The van der Waals surface area contributed by atoms with Crippen LogP contribution in [-0.4, -0.2) is 22.5 Å². The Morgan fingerprint density at radius 3 is 2.86 bits per heavy atom. The van der Waals surface area contributed by atoms with Gasteiger partial charge >= 0.3 is 0 Å². The van der Waals surface area contributed by atoms with Crippen molar-refractivity contribution in [3.05, 3.63) is 93.4 Å². The highest BCUT2D eigenvalue weighted by molar-refractivity contribution is 7.10. The second-order valence-corrected chi connectivity index (χ2v) is 10.4. The largest absolute Gasteiger partial charge is 0.482 e. The fourth-order valence-corrected chi connectivity index (χ4v) is 5.43. The van der Waals surface area contributed by atoms with Crippen LogP contribution in [0.25, 0.3) is 11.1 Å². The molecule has 0 saturated heterocycles. The Bertz CT molecular complexity index is 1330. The summed E-state index contributed by atoms with van der Waals surface area (Å²) in [5.41, 5.74) is 4.18. The molecule has 5 rings (SSSR count). The minimum absolute atomic E-state index is 0.275. The maximum Gasteiger partial charge on any atom is 0.260 e. The van der Waals surface area contributed by atoms with E-state index in [0.29, 0.717) is 28.6 Å². The summed E-state index contributed by atoms with van der Waals surface area (Å²) in [7, 11) is 0. The average Bonchev–Trinajstić information content (AvgIpc) is 3.51. The van der Waals surface area contributed by atoms with E-state index in [9.17, 15) is 9.18 Å². The number of halogens is 1. The van der Waals surface area contributed by atoms with E-state index in [1.165, 1.54) is 17.0 Å². The normalized spacial score (nSPS) is 19.2. The smallest absolute Gasteiger partial charge is 0.260 e. The lowest BCUT2D eigenvalue weighted by atomic mass is 9.94. The van der Waals surface area contributed by atoms with Gasteiger partial charge in [-0.3, -0.25) is 9.78 Å². The van der Waals surface area contributed by atoms with Crippen molar-refractivity contribution in [2.24, 2.45) is 0 Å². The molecule has 1 amide bonds. The molecule has 2 aliphatic rings. The number of ether oxygens (including phenoxy) is 1. The van der Waals surface area contributed by atoms with Gasteiger partial charge in [-0.15, -0.1) is 11.3 Å². The lowest BCUT2D eigenvalue weighted by Crippen LogP contribution is -2.30. The Balaban J connectivity index is 1.35. The molecule has 7 heteroatoms. The van der Waals surface area contributed by atoms with Crippen LogP contribution in [0.5, 0.6) is 0 Å². The van der Waals surface area contributed by atoms with Crippen LogP contribution >= 0.6 is 11.3 Å². The summed E-state index contributed by atoms with van der Waals surface area (Å²) in [6, 6.07) is 12.9. The molecule has 0 aliphatic carbocycles. The SMILES string of the molecule is CCC(Cc1ccccn1)NCc1cc(C2=C/C(=C3\C(=O)Nc4cc(F)ccc43)OC2(C)C)cs1. The molecule has 1 unspecified atom stereocenters. The molecule has 1 aromatic carbocycles. The van der Waals surface area contributed by atoms with Crippen LogP contribution in [-0.2, 0) is 22.5 Å². The Labute approximate surface area is 208 Å². The zero-order chi connectivity index (χ0) is 24.6. The number of aromatic nitrogens is 1. The van der Waals surface area contributed by atoms with Crippen molar-refractivity contribution in [2.75, 3.05) is 5.32 Å². The van der Waals surface area contributed by atoms with E-state index in [-0.39, 0.29) is 11.7 Å². The van der Waals surface area contributed by atoms with E-state index >= 15 is 0 Å². The summed E-state index contributed by atoms with van der Waals surface area (Å²) >= 11 is 1.71. The molecule has 4 heterocycles. The summed E-state index contributed by atoms with van der Waals surface area (Å²) in [5, 5.41) is 8.54. The van der Waals surface area contributed by atoms with Crippen LogP contribution in [0, 0.1) is 5.82 Å². The number of benzene rings is 1. The van der Waals surface area contributed by atoms with Crippen LogP contribution in [0.1, 0.15) is 48.9 Å². The van der Waals surface area contributed by atoms with E-state index < -0.39 is 5.60 Å². The number of carbonyl (C=O) groups is 1. The number of nitrogens with zero attached hydrogens (tertiary/aromatic N) is 1. The molecule has 2 aliphatic heterocycles. The number of allylic oxidation sites excluding steroid dienone is 1. The third-order valence-corrected chi connectivity index (χ3v) is 7.40. The van der Waals surface area contributed by atoms with Crippen LogP contribution in [0.4, 0.5) is 10.1 Å². The molecule has 5 nitrogen and oxygen atoms in total. The van der Waals surface area contributed by atoms with Crippen molar-refractivity contribution < 1.29 is 13.9 Å². The van der Waals surface area contributed by atoms with Gasteiger partial charge in [0.05, 0.1) is 11.3 Å². The van der Waals surface area contributed by atoms with Crippen molar-refractivity contribution >= 4 is 34.1 Å². The lowest BCUT2D eigenvalue weighted by molar-refractivity contribution is -0.111. The Morgan fingerprint density at radius 2 is 2.09 bits per heavy atom. The average molecular weight is 490 g/mol. The fourth-order valence-electron chi connectivity index (χ4n) is 4.60. The first-order chi connectivity index (χ1) is 16.8. The van der Waals surface area contributed by atoms with E-state index in [1.54, 1.807) is 17.4 Å². The molecule has 2 aromatic heterocycles. The number of hydrogen-bond acceptors (Lipinski definition) is 5. The number of fused-ring (bicyclic) bond motifs is 1. The highest BCUT2D eigenvalue weighted by atomic mass is 32.1. The molecule has 1 atom stereocenters. The van der Waals surface area contributed by atoms with Crippen LogP contribution in [0.15, 0.2) is 65.9 Å². The van der Waals surface area contributed by atoms with Gasteiger partial charge in [0.25, 0.3) is 5.91 Å².